The number of hydrogen-bond acceptors (Lipinski definition) is 3. The molecule has 0 atom stereocenters. The first-order valence-corrected chi connectivity index (χ1v) is 20.8. The zero-order valence-corrected chi connectivity index (χ0v) is 33.0. The largest absolute Gasteiger partial charge is 0.455 e. The van der Waals surface area contributed by atoms with Gasteiger partial charge in [-0.15, -0.1) is 0 Å². The number of fused-ring (bicyclic) bond motifs is 11. The molecular formula is C58H35NO2. The average molecular weight is 778 g/mol. The molecule has 0 saturated carbocycles. The van der Waals surface area contributed by atoms with Crippen LogP contribution >= 0.6 is 0 Å². The van der Waals surface area contributed by atoms with Crippen molar-refractivity contribution in [3.63, 3.8) is 0 Å². The number of nitrogens with zero attached hydrogens (tertiary/aromatic N) is 1. The van der Waals surface area contributed by atoms with E-state index >= 15 is 0 Å². The molecule has 13 aromatic rings. The fourth-order valence-corrected chi connectivity index (χ4v) is 9.82. The molecule has 0 radical (unpaired) electrons. The molecule has 0 bridgehead atoms. The van der Waals surface area contributed by atoms with Crippen LogP contribution in [0.4, 0.5) is 17.1 Å². The standard InChI is InChI=1S/C58H35NO2/c1-3-16-39-33-41(29-27-36(39)13-1)59(42-30-28-37-14-2-4-17-40(37)34-42)52-24-12-26-54-56(52)51-35-50(45-20-7-8-21-47(45)57(51)61-54)48-32-31-46(44-23-11-18-38-15-5-6-19-43(38)44)55-49-22-9-10-25-53(49)60-58(48)55/h1-35H. The Kier molecular flexibility index (Phi) is 7.31. The van der Waals surface area contributed by atoms with Gasteiger partial charge in [-0.2, -0.15) is 0 Å². The zero-order chi connectivity index (χ0) is 40.0. The van der Waals surface area contributed by atoms with Crippen LogP contribution in [0.3, 0.4) is 0 Å². The van der Waals surface area contributed by atoms with E-state index in [1.807, 2.05) is 0 Å². The van der Waals surface area contributed by atoms with Crippen molar-refractivity contribution in [2.24, 2.45) is 0 Å². The van der Waals surface area contributed by atoms with Crippen LogP contribution < -0.4 is 4.90 Å². The monoisotopic (exact) mass is 777 g/mol. The number of hydrogen-bond donors (Lipinski definition) is 0. The lowest BCUT2D eigenvalue weighted by molar-refractivity contribution is 0.670. The summed E-state index contributed by atoms with van der Waals surface area (Å²) in [6.45, 7) is 0. The maximum atomic E-state index is 6.96. The molecule has 2 aromatic heterocycles. The van der Waals surface area contributed by atoms with E-state index in [1.165, 1.54) is 37.9 Å². The van der Waals surface area contributed by atoms with Crippen molar-refractivity contribution >= 4 is 104 Å². The van der Waals surface area contributed by atoms with E-state index in [0.717, 1.165) is 88.4 Å². The fraction of sp³-hybridized carbons (Fsp3) is 0. The van der Waals surface area contributed by atoms with E-state index in [1.54, 1.807) is 0 Å². The van der Waals surface area contributed by atoms with Crippen molar-refractivity contribution in [1.29, 1.82) is 0 Å². The van der Waals surface area contributed by atoms with Crippen molar-refractivity contribution in [3.8, 4) is 22.3 Å². The second-order valence-electron chi connectivity index (χ2n) is 16.0. The van der Waals surface area contributed by atoms with Crippen molar-refractivity contribution in [1.82, 2.24) is 0 Å². The number of para-hydroxylation sites is 1. The summed E-state index contributed by atoms with van der Waals surface area (Å²) in [5, 5.41) is 13.7. The van der Waals surface area contributed by atoms with Gasteiger partial charge in [-0.1, -0.05) is 158 Å². The number of benzene rings is 11. The molecule has 0 unspecified atom stereocenters. The highest BCUT2D eigenvalue weighted by Gasteiger charge is 2.24. The summed E-state index contributed by atoms with van der Waals surface area (Å²) in [5.41, 5.74) is 11.1. The molecule has 0 aliphatic carbocycles. The number of furan rings is 2. The molecule has 0 aliphatic heterocycles. The van der Waals surface area contributed by atoms with Gasteiger partial charge in [0.15, 0.2) is 0 Å². The van der Waals surface area contributed by atoms with Crippen molar-refractivity contribution in [2.45, 2.75) is 0 Å². The molecule has 0 fully saturated rings. The lowest BCUT2D eigenvalue weighted by Gasteiger charge is -2.27. The summed E-state index contributed by atoms with van der Waals surface area (Å²) in [5.74, 6) is 0. The normalized spacial score (nSPS) is 11.9. The summed E-state index contributed by atoms with van der Waals surface area (Å²) in [4.78, 5) is 2.39. The number of anilines is 3. The third-order valence-corrected chi connectivity index (χ3v) is 12.6. The predicted octanol–water partition coefficient (Wildman–Crippen LogP) is 16.9. The van der Waals surface area contributed by atoms with Crippen molar-refractivity contribution in [2.75, 3.05) is 4.90 Å². The maximum Gasteiger partial charge on any atom is 0.143 e. The average Bonchev–Trinajstić information content (AvgIpc) is 3.91. The van der Waals surface area contributed by atoms with Crippen LogP contribution in [-0.4, -0.2) is 0 Å². The molecule has 0 amide bonds. The molecule has 11 aromatic carbocycles. The smallest absolute Gasteiger partial charge is 0.143 e. The third kappa shape index (κ3) is 5.17. The maximum absolute atomic E-state index is 6.96. The summed E-state index contributed by atoms with van der Waals surface area (Å²) < 4.78 is 13.9. The Hall–Kier alpha value is -8.14. The van der Waals surface area contributed by atoms with Crippen LogP contribution in [0.1, 0.15) is 0 Å². The van der Waals surface area contributed by atoms with Gasteiger partial charge >= 0.3 is 0 Å². The molecule has 0 spiro atoms. The first kappa shape index (κ1) is 33.8. The quantitative estimate of drug-likeness (QED) is 0.174. The highest BCUT2D eigenvalue weighted by Crippen LogP contribution is 2.49. The van der Waals surface area contributed by atoms with E-state index in [9.17, 15) is 0 Å². The first-order chi connectivity index (χ1) is 30.2. The lowest BCUT2D eigenvalue weighted by atomic mass is 9.90. The minimum atomic E-state index is 0.835. The van der Waals surface area contributed by atoms with Crippen molar-refractivity contribution < 1.29 is 8.83 Å². The number of rotatable bonds is 5. The second kappa shape index (κ2) is 13.2. The van der Waals surface area contributed by atoms with E-state index in [-0.39, 0.29) is 0 Å². The SMILES string of the molecule is c1ccc2cc(N(c3ccc4ccccc4c3)c3cccc4oc5c6ccccc6c(-c6ccc(-c7cccc8ccccc78)c7c6oc6ccccc67)cc5c34)ccc2c1. The van der Waals surface area contributed by atoms with Gasteiger partial charge in [-0.3, -0.25) is 0 Å². The highest BCUT2D eigenvalue weighted by molar-refractivity contribution is 6.25. The Morgan fingerprint density at radius 1 is 0.279 bits per heavy atom. The van der Waals surface area contributed by atoms with Crippen LogP contribution in [0.15, 0.2) is 221 Å². The van der Waals surface area contributed by atoms with Gasteiger partial charge in [-0.25, -0.2) is 0 Å². The Morgan fingerprint density at radius 2 is 0.836 bits per heavy atom. The second-order valence-corrected chi connectivity index (χ2v) is 16.0. The molecule has 3 heteroatoms. The zero-order valence-electron chi connectivity index (χ0n) is 33.0. The summed E-state index contributed by atoms with van der Waals surface area (Å²) in [7, 11) is 0. The molecule has 3 nitrogen and oxygen atoms in total. The van der Waals surface area contributed by atoms with Gasteiger partial charge in [-0.05, 0) is 109 Å². The fourth-order valence-electron chi connectivity index (χ4n) is 9.82. The van der Waals surface area contributed by atoms with Crippen LogP contribution in [0, 0.1) is 0 Å². The molecule has 284 valence electrons. The minimum absolute atomic E-state index is 0.835. The van der Waals surface area contributed by atoms with Crippen LogP contribution in [0.2, 0.25) is 0 Å². The molecular weight excluding hydrogens is 743 g/mol. The van der Waals surface area contributed by atoms with Gasteiger partial charge in [0.2, 0.25) is 0 Å². The molecule has 13 rings (SSSR count). The molecule has 61 heavy (non-hydrogen) atoms. The summed E-state index contributed by atoms with van der Waals surface area (Å²) >= 11 is 0. The van der Waals surface area contributed by atoms with E-state index in [4.69, 9.17) is 8.83 Å². The van der Waals surface area contributed by atoms with Crippen LogP contribution in [0.25, 0.3) is 109 Å². The highest BCUT2D eigenvalue weighted by atomic mass is 16.3. The Bertz CT molecular complexity index is 3820. The molecule has 0 aliphatic rings. The summed E-state index contributed by atoms with van der Waals surface area (Å²) in [6, 6.07) is 76.2. The van der Waals surface area contributed by atoms with Crippen LogP contribution in [0.5, 0.6) is 0 Å². The van der Waals surface area contributed by atoms with E-state index < -0.39 is 0 Å². The molecule has 2 heterocycles. The van der Waals surface area contributed by atoms with Gasteiger partial charge in [0.1, 0.15) is 22.3 Å². The van der Waals surface area contributed by atoms with E-state index in [0.29, 0.717) is 0 Å². The van der Waals surface area contributed by atoms with Crippen molar-refractivity contribution in [3.05, 3.63) is 212 Å². The minimum Gasteiger partial charge on any atom is -0.455 e. The Balaban J connectivity index is 1.11. The van der Waals surface area contributed by atoms with E-state index in [2.05, 4.69) is 217 Å². The Morgan fingerprint density at radius 3 is 1.59 bits per heavy atom. The third-order valence-electron chi connectivity index (χ3n) is 12.6. The van der Waals surface area contributed by atoms with Gasteiger partial charge in [0.05, 0.1) is 11.1 Å². The Labute approximate surface area is 350 Å². The molecule has 0 saturated heterocycles. The molecule has 0 N–H and O–H groups in total. The topological polar surface area (TPSA) is 29.5 Å². The lowest BCUT2D eigenvalue weighted by Crippen LogP contribution is -2.10. The first-order valence-electron chi connectivity index (χ1n) is 20.8. The van der Waals surface area contributed by atoms with Crippen LogP contribution in [-0.2, 0) is 0 Å². The van der Waals surface area contributed by atoms with Gasteiger partial charge < -0.3 is 13.7 Å². The van der Waals surface area contributed by atoms with Gasteiger partial charge in [0.25, 0.3) is 0 Å². The summed E-state index contributed by atoms with van der Waals surface area (Å²) in [6.07, 6.45) is 0. The predicted molar refractivity (Wildman–Crippen MR) is 257 cm³/mol. The van der Waals surface area contributed by atoms with Gasteiger partial charge in [0, 0.05) is 38.5 Å².